The van der Waals surface area contributed by atoms with E-state index in [0.717, 1.165) is 15.8 Å². The van der Waals surface area contributed by atoms with E-state index >= 15 is 0 Å². The fourth-order valence-corrected chi connectivity index (χ4v) is 4.75. The fourth-order valence-electron chi connectivity index (χ4n) is 3.71. The summed E-state index contributed by atoms with van der Waals surface area (Å²) < 4.78 is 14.4. The summed E-state index contributed by atoms with van der Waals surface area (Å²) in [6, 6.07) is 24.8. The topological polar surface area (TPSA) is 36.4 Å². The number of nitrogens with zero attached hydrogens (tertiary/aromatic N) is 3. The van der Waals surface area contributed by atoms with Crippen LogP contribution >= 0.6 is 11.3 Å². The molecule has 164 valence electrons. The number of hydrogen-bond donors (Lipinski definition) is 0. The van der Waals surface area contributed by atoms with E-state index < -0.39 is 0 Å². The van der Waals surface area contributed by atoms with Crippen LogP contribution in [0.15, 0.2) is 78.9 Å². The Balaban J connectivity index is 1.67. The van der Waals surface area contributed by atoms with Gasteiger partial charge in [-0.25, -0.2) is 9.37 Å². The number of aromatic nitrogens is 1. The molecule has 0 radical (unpaired) electrons. The molecule has 0 aliphatic heterocycles. The number of thiazole rings is 1. The van der Waals surface area contributed by atoms with Gasteiger partial charge in [0.15, 0.2) is 5.13 Å². The minimum Gasteiger partial charge on any atom is -0.308 e. The second kappa shape index (κ2) is 10.0. The van der Waals surface area contributed by atoms with Crippen LogP contribution in [0, 0.1) is 5.82 Å². The van der Waals surface area contributed by atoms with Crippen LogP contribution in [0.2, 0.25) is 0 Å². The molecule has 0 bridgehead atoms. The molecule has 1 heterocycles. The highest BCUT2D eigenvalue weighted by atomic mass is 32.1. The summed E-state index contributed by atoms with van der Waals surface area (Å²) in [5.41, 5.74) is 2.91. The Hall–Kier alpha value is -3.09. The van der Waals surface area contributed by atoms with Crippen LogP contribution in [-0.4, -0.2) is 43.0 Å². The molecule has 6 heteroatoms. The molecule has 4 rings (SSSR count). The maximum absolute atomic E-state index is 13.7. The van der Waals surface area contributed by atoms with Gasteiger partial charge in [-0.1, -0.05) is 72.0 Å². The number of anilines is 1. The molecule has 0 saturated heterocycles. The van der Waals surface area contributed by atoms with Crippen LogP contribution in [0.4, 0.5) is 9.52 Å². The second-order valence-corrected chi connectivity index (χ2v) is 9.04. The lowest BCUT2D eigenvalue weighted by atomic mass is 9.88. The van der Waals surface area contributed by atoms with Crippen molar-refractivity contribution in [3.05, 3.63) is 95.8 Å². The minimum atomic E-state index is -0.299. The van der Waals surface area contributed by atoms with Gasteiger partial charge in [0.05, 0.1) is 10.2 Å². The van der Waals surface area contributed by atoms with Gasteiger partial charge in [0.25, 0.3) is 0 Å². The van der Waals surface area contributed by atoms with Crippen molar-refractivity contribution in [3.8, 4) is 0 Å². The van der Waals surface area contributed by atoms with E-state index in [9.17, 15) is 9.18 Å². The molecule has 1 aromatic heterocycles. The molecule has 0 aliphatic rings. The van der Waals surface area contributed by atoms with Crippen LogP contribution in [0.3, 0.4) is 0 Å². The van der Waals surface area contributed by atoms with Crippen molar-refractivity contribution >= 4 is 32.6 Å². The van der Waals surface area contributed by atoms with E-state index in [4.69, 9.17) is 0 Å². The van der Waals surface area contributed by atoms with E-state index in [1.807, 2.05) is 55.4 Å². The lowest BCUT2D eigenvalue weighted by Gasteiger charge is -2.25. The smallest absolute Gasteiger partial charge is 0.229 e. The van der Waals surface area contributed by atoms with Gasteiger partial charge < -0.3 is 4.90 Å². The molecular weight excluding hydrogens is 421 g/mol. The molecule has 0 saturated carbocycles. The summed E-state index contributed by atoms with van der Waals surface area (Å²) in [6.07, 6.45) is 0.325. The van der Waals surface area contributed by atoms with E-state index in [-0.39, 0.29) is 17.6 Å². The van der Waals surface area contributed by atoms with Gasteiger partial charge in [-0.2, -0.15) is 0 Å². The standard InChI is InChI=1S/C26H26FN3OS/c1-29(2)15-16-30(26-28-23-14-13-21(27)17-24(23)32-26)25(31)18-22(19-9-5-3-6-10-19)20-11-7-4-8-12-20/h3-14,17,22H,15-16,18H2,1-2H3. The first-order chi connectivity index (χ1) is 15.5. The highest BCUT2D eigenvalue weighted by Gasteiger charge is 2.25. The van der Waals surface area contributed by atoms with E-state index in [1.165, 1.54) is 23.5 Å². The summed E-state index contributed by atoms with van der Waals surface area (Å²) in [5.74, 6) is -0.352. The average molecular weight is 448 g/mol. The quantitative estimate of drug-likeness (QED) is 0.355. The van der Waals surface area contributed by atoms with Gasteiger partial charge in [0.1, 0.15) is 5.82 Å². The monoisotopic (exact) mass is 447 g/mol. The van der Waals surface area contributed by atoms with Gasteiger partial charge in [0.2, 0.25) is 5.91 Å². The molecular formula is C26H26FN3OS. The lowest BCUT2D eigenvalue weighted by Crippen LogP contribution is -2.37. The lowest BCUT2D eigenvalue weighted by molar-refractivity contribution is -0.118. The molecule has 0 unspecified atom stereocenters. The first-order valence-corrected chi connectivity index (χ1v) is 11.4. The normalized spacial score (nSPS) is 11.4. The first kappa shape index (κ1) is 22.1. The zero-order valence-corrected chi connectivity index (χ0v) is 19.1. The Morgan fingerprint density at radius 2 is 1.56 bits per heavy atom. The van der Waals surface area contributed by atoms with Gasteiger partial charge >= 0.3 is 0 Å². The van der Waals surface area contributed by atoms with E-state index in [2.05, 4.69) is 29.2 Å². The van der Waals surface area contributed by atoms with Gasteiger partial charge in [-0.3, -0.25) is 9.69 Å². The van der Waals surface area contributed by atoms with Crippen LogP contribution < -0.4 is 4.90 Å². The van der Waals surface area contributed by atoms with Crippen molar-refractivity contribution in [1.29, 1.82) is 0 Å². The number of hydrogen-bond acceptors (Lipinski definition) is 4. The summed E-state index contributed by atoms with van der Waals surface area (Å²) in [4.78, 5) is 22.1. The summed E-state index contributed by atoms with van der Waals surface area (Å²) in [7, 11) is 3.96. The Morgan fingerprint density at radius 1 is 0.938 bits per heavy atom. The van der Waals surface area contributed by atoms with Crippen LogP contribution in [0.25, 0.3) is 10.2 Å². The second-order valence-electron chi connectivity index (χ2n) is 8.04. The fraction of sp³-hybridized carbons (Fsp3) is 0.231. The van der Waals surface area contributed by atoms with E-state index in [0.29, 0.717) is 30.2 Å². The van der Waals surface area contributed by atoms with Crippen molar-refractivity contribution in [2.45, 2.75) is 12.3 Å². The third kappa shape index (κ3) is 5.21. The van der Waals surface area contributed by atoms with Gasteiger partial charge in [-0.05, 0) is 43.4 Å². The largest absolute Gasteiger partial charge is 0.308 e. The van der Waals surface area contributed by atoms with Crippen LogP contribution in [0.5, 0.6) is 0 Å². The summed E-state index contributed by atoms with van der Waals surface area (Å²) in [6.45, 7) is 1.22. The zero-order chi connectivity index (χ0) is 22.5. The predicted octanol–water partition coefficient (Wildman–Crippen LogP) is 5.55. The highest BCUT2D eigenvalue weighted by Crippen LogP contribution is 2.33. The Morgan fingerprint density at radius 3 is 2.16 bits per heavy atom. The van der Waals surface area contributed by atoms with Crippen molar-refractivity contribution in [2.75, 3.05) is 32.1 Å². The third-order valence-electron chi connectivity index (χ3n) is 5.42. The molecule has 0 fully saturated rings. The number of benzene rings is 3. The first-order valence-electron chi connectivity index (χ1n) is 10.6. The Bertz CT molecular complexity index is 1140. The Labute approximate surface area is 191 Å². The SMILES string of the molecule is CN(C)CCN(C(=O)CC(c1ccccc1)c1ccccc1)c1nc2ccc(F)cc2s1. The molecule has 32 heavy (non-hydrogen) atoms. The van der Waals surface area contributed by atoms with Crippen LogP contribution in [-0.2, 0) is 4.79 Å². The molecule has 3 aromatic carbocycles. The number of likely N-dealkylation sites (N-methyl/N-ethyl adjacent to an activating group) is 1. The Kier molecular flexibility index (Phi) is 6.93. The molecule has 1 amide bonds. The van der Waals surface area contributed by atoms with Gasteiger partial charge in [-0.15, -0.1) is 0 Å². The molecule has 0 aliphatic carbocycles. The summed E-state index contributed by atoms with van der Waals surface area (Å²) >= 11 is 1.35. The number of rotatable bonds is 8. The molecule has 4 aromatic rings. The number of amides is 1. The van der Waals surface area contributed by atoms with Crippen molar-refractivity contribution in [3.63, 3.8) is 0 Å². The maximum atomic E-state index is 13.7. The molecule has 0 spiro atoms. The van der Waals surface area contributed by atoms with Crippen molar-refractivity contribution in [2.24, 2.45) is 0 Å². The predicted molar refractivity (Wildman–Crippen MR) is 130 cm³/mol. The summed E-state index contributed by atoms with van der Waals surface area (Å²) in [5, 5.41) is 0.609. The number of halogens is 1. The molecule has 0 N–H and O–H groups in total. The molecule has 4 nitrogen and oxygen atoms in total. The highest BCUT2D eigenvalue weighted by molar-refractivity contribution is 7.22. The maximum Gasteiger partial charge on any atom is 0.229 e. The van der Waals surface area contributed by atoms with Crippen LogP contribution in [0.1, 0.15) is 23.5 Å². The molecule has 0 atom stereocenters. The van der Waals surface area contributed by atoms with E-state index in [1.54, 1.807) is 11.0 Å². The minimum absolute atomic E-state index is 0.00378. The van der Waals surface area contributed by atoms with Crippen molar-refractivity contribution < 1.29 is 9.18 Å². The van der Waals surface area contributed by atoms with Crippen molar-refractivity contribution in [1.82, 2.24) is 9.88 Å². The number of carbonyl (C=O) groups is 1. The number of fused-ring (bicyclic) bond motifs is 1. The van der Waals surface area contributed by atoms with Gasteiger partial charge in [0, 0.05) is 25.4 Å². The average Bonchev–Trinajstić information content (AvgIpc) is 3.21. The number of carbonyl (C=O) groups excluding carboxylic acids is 1. The third-order valence-corrected chi connectivity index (χ3v) is 6.47. The zero-order valence-electron chi connectivity index (χ0n) is 18.2.